The predicted molar refractivity (Wildman–Crippen MR) is 75.4 cm³/mol. The molecular weight excluding hydrogens is 230 g/mol. The average molecular weight is 249 g/mol. The van der Waals surface area contributed by atoms with E-state index in [2.05, 4.69) is 16.9 Å². The molecule has 1 aromatic heterocycles. The third kappa shape index (κ3) is 2.75. The van der Waals surface area contributed by atoms with Gasteiger partial charge in [0, 0.05) is 24.8 Å². The highest BCUT2D eigenvalue weighted by Gasteiger charge is 2.20. The van der Waals surface area contributed by atoms with Crippen LogP contribution in [0.15, 0.2) is 18.5 Å². The molecule has 4 heteroatoms. The number of hydrogen-bond donors (Lipinski definition) is 1. The molecule has 0 atom stereocenters. The van der Waals surface area contributed by atoms with Gasteiger partial charge in [-0.05, 0) is 18.9 Å². The molecule has 17 heavy (non-hydrogen) atoms. The lowest BCUT2D eigenvalue weighted by Gasteiger charge is -2.33. The fourth-order valence-electron chi connectivity index (χ4n) is 2.54. The van der Waals surface area contributed by atoms with Crippen LogP contribution in [0, 0.1) is 0 Å². The first kappa shape index (κ1) is 12.3. The SMILES string of the molecule is CN(c1cnccc1C(N)=S)C1CCCCC1. The second-order valence-electron chi connectivity index (χ2n) is 4.66. The highest BCUT2D eigenvalue weighted by molar-refractivity contribution is 7.80. The van der Waals surface area contributed by atoms with Crippen molar-refractivity contribution in [3.05, 3.63) is 24.0 Å². The van der Waals surface area contributed by atoms with Crippen molar-refractivity contribution in [2.24, 2.45) is 5.73 Å². The summed E-state index contributed by atoms with van der Waals surface area (Å²) in [5, 5.41) is 0. The molecule has 0 radical (unpaired) electrons. The number of nitrogens with zero attached hydrogens (tertiary/aromatic N) is 2. The minimum atomic E-state index is 0.449. The van der Waals surface area contributed by atoms with Crippen LogP contribution in [0.4, 0.5) is 5.69 Å². The van der Waals surface area contributed by atoms with Crippen LogP contribution in [0.2, 0.25) is 0 Å². The van der Waals surface area contributed by atoms with Crippen LogP contribution in [0.1, 0.15) is 37.7 Å². The van der Waals surface area contributed by atoms with Gasteiger partial charge in [-0.25, -0.2) is 0 Å². The quantitative estimate of drug-likeness (QED) is 0.836. The summed E-state index contributed by atoms with van der Waals surface area (Å²) in [5.74, 6) is 0. The Morgan fingerprint density at radius 3 is 2.76 bits per heavy atom. The fourth-order valence-corrected chi connectivity index (χ4v) is 2.71. The molecule has 1 fully saturated rings. The Kier molecular flexibility index (Phi) is 3.94. The van der Waals surface area contributed by atoms with Crippen molar-refractivity contribution < 1.29 is 0 Å². The van der Waals surface area contributed by atoms with Crippen molar-refractivity contribution in [2.75, 3.05) is 11.9 Å². The van der Waals surface area contributed by atoms with Gasteiger partial charge in [0.15, 0.2) is 0 Å². The molecule has 0 saturated heterocycles. The molecule has 0 amide bonds. The normalized spacial score (nSPS) is 16.8. The number of anilines is 1. The molecule has 1 saturated carbocycles. The third-order valence-electron chi connectivity index (χ3n) is 3.57. The molecule has 2 N–H and O–H groups in total. The molecule has 3 nitrogen and oxygen atoms in total. The fraction of sp³-hybridized carbons (Fsp3) is 0.538. The first-order valence-electron chi connectivity index (χ1n) is 6.17. The lowest BCUT2D eigenvalue weighted by atomic mass is 9.94. The molecule has 0 spiro atoms. The zero-order valence-corrected chi connectivity index (χ0v) is 11.0. The summed E-state index contributed by atoms with van der Waals surface area (Å²) in [6, 6.07) is 2.50. The second-order valence-corrected chi connectivity index (χ2v) is 5.10. The molecule has 92 valence electrons. The number of hydrogen-bond acceptors (Lipinski definition) is 3. The van der Waals surface area contributed by atoms with E-state index in [1.165, 1.54) is 32.1 Å². The largest absolute Gasteiger partial charge is 0.389 e. The first-order chi connectivity index (χ1) is 8.20. The Bertz CT molecular complexity index is 399. The van der Waals surface area contributed by atoms with E-state index in [-0.39, 0.29) is 0 Å². The van der Waals surface area contributed by atoms with Gasteiger partial charge in [-0.2, -0.15) is 0 Å². The maximum atomic E-state index is 5.76. The topological polar surface area (TPSA) is 42.2 Å². The van der Waals surface area contributed by atoms with Gasteiger partial charge in [-0.1, -0.05) is 31.5 Å². The smallest absolute Gasteiger partial charge is 0.106 e. The number of thiocarbonyl (C=S) groups is 1. The highest BCUT2D eigenvalue weighted by Crippen LogP contribution is 2.27. The highest BCUT2D eigenvalue weighted by atomic mass is 32.1. The van der Waals surface area contributed by atoms with Gasteiger partial charge in [-0.3, -0.25) is 4.98 Å². The number of aromatic nitrogens is 1. The maximum Gasteiger partial charge on any atom is 0.106 e. The van der Waals surface area contributed by atoms with Crippen molar-refractivity contribution in [1.29, 1.82) is 0 Å². The maximum absolute atomic E-state index is 5.76. The Labute approximate surface area is 108 Å². The predicted octanol–water partition coefficient (Wildman–Crippen LogP) is 2.48. The van der Waals surface area contributed by atoms with E-state index >= 15 is 0 Å². The van der Waals surface area contributed by atoms with Crippen molar-refractivity contribution >= 4 is 22.9 Å². The van der Waals surface area contributed by atoms with E-state index in [1.54, 1.807) is 6.20 Å². The van der Waals surface area contributed by atoms with Gasteiger partial charge in [-0.15, -0.1) is 0 Å². The first-order valence-corrected chi connectivity index (χ1v) is 6.57. The molecule has 0 aromatic carbocycles. The van der Waals surface area contributed by atoms with Crippen LogP contribution in [0.3, 0.4) is 0 Å². The summed E-state index contributed by atoms with van der Waals surface area (Å²) < 4.78 is 0. The van der Waals surface area contributed by atoms with Crippen LogP contribution in [-0.4, -0.2) is 23.1 Å². The van der Waals surface area contributed by atoms with E-state index in [0.717, 1.165) is 11.3 Å². The Morgan fingerprint density at radius 2 is 2.12 bits per heavy atom. The molecule has 2 rings (SSSR count). The summed E-state index contributed by atoms with van der Waals surface area (Å²) in [7, 11) is 2.12. The molecule has 0 unspecified atom stereocenters. The summed E-state index contributed by atoms with van der Waals surface area (Å²) >= 11 is 5.09. The summed E-state index contributed by atoms with van der Waals surface area (Å²) in [4.78, 5) is 6.93. The Morgan fingerprint density at radius 1 is 1.41 bits per heavy atom. The Hall–Kier alpha value is -1.16. The standard InChI is InChI=1S/C13H19N3S/c1-16(10-5-3-2-4-6-10)12-9-15-8-7-11(12)13(14)17/h7-10H,2-6H2,1H3,(H2,14,17). The van der Waals surface area contributed by atoms with Gasteiger partial charge >= 0.3 is 0 Å². The monoisotopic (exact) mass is 249 g/mol. The summed E-state index contributed by atoms with van der Waals surface area (Å²) in [6.07, 6.45) is 10.1. The molecule has 1 heterocycles. The number of pyridine rings is 1. The Balaban J connectivity index is 2.23. The van der Waals surface area contributed by atoms with E-state index in [4.69, 9.17) is 18.0 Å². The van der Waals surface area contributed by atoms with Crippen molar-refractivity contribution in [2.45, 2.75) is 38.1 Å². The van der Waals surface area contributed by atoms with E-state index in [1.807, 2.05) is 12.3 Å². The van der Waals surface area contributed by atoms with Crippen LogP contribution in [0.25, 0.3) is 0 Å². The average Bonchev–Trinajstić information content (AvgIpc) is 2.39. The van der Waals surface area contributed by atoms with Crippen LogP contribution < -0.4 is 10.6 Å². The van der Waals surface area contributed by atoms with Crippen LogP contribution >= 0.6 is 12.2 Å². The van der Waals surface area contributed by atoms with Gasteiger partial charge in [0.05, 0.1) is 11.9 Å². The van der Waals surface area contributed by atoms with E-state index in [0.29, 0.717) is 11.0 Å². The van der Waals surface area contributed by atoms with Gasteiger partial charge < -0.3 is 10.6 Å². The minimum absolute atomic E-state index is 0.449. The minimum Gasteiger partial charge on any atom is -0.389 e. The molecular formula is C13H19N3S. The molecule has 1 aliphatic rings. The zero-order chi connectivity index (χ0) is 12.3. The summed E-state index contributed by atoms with van der Waals surface area (Å²) in [6.45, 7) is 0. The third-order valence-corrected chi connectivity index (χ3v) is 3.79. The number of rotatable bonds is 3. The van der Waals surface area contributed by atoms with Crippen molar-refractivity contribution in [3.63, 3.8) is 0 Å². The second kappa shape index (κ2) is 5.45. The molecule has 0 aliphatic heterocycles. The van der Waals surface area contributed by atoms with Crippen LogP contribution in [-0.2, 0) is 0 Å². The van der Waals surface area contributed by atoms with Crippen molar-refractivity contribution in [1.82, 2.24) is 4.98 Å². The molecule has 1 aliphatic carbocycles. The zero-order valence-electron chi connectivity index (χ0n) is 10.2. The van der Waals surface area contributed by atoms with Crippen molar-refractivity contribution in [3.8, 4) is 0 Å². The molecule has 0 bridgehead atoms. The van der Waals surface area contributed by atoms with Gasteiger partial charge in [0.25, 0.3) is 0 Å². The lowest BCUT2D eigenvalue weighted by molar-refractivity contribution is 0.427. The number of nitrogens with two attached hydrogens (primary N) is 1. The van der Waals surface area contributed by atoms with Gasteiger partial charge in [0.1, 0.15) is 4.99 Å². The van der Waals surface area contributed by atoms with E-state index < -0.39 is 0 Å². The van der Waals surface area contributed by atoms with Gasteiger partial charge in [0.2, 0.25) is 0 Å². The summed E-state index contributed by atoms with van der Waals surface area (Å²) in [5.41, 5.74) is 7.75. The lowest BCUT2D eigenvalue weighted by Crippen LogP contribution is -2.34. The van der Waals surface area contributed by atoms with E-state index in [9.17, 15) is 0 Å². The molecule has 1 aromatic rings. The van der Waals surface area contributed by atoms with Crippen LogP contribution in [0.5, 0.6) is 0 Å².